The van der Waals surface area contributed by atoms with Gasteiger partial charge in [0.25, 0.3) is 0 Å². The zero-order valence-corrected chi connectivity index (χ0v) is 9.54. The molecule has 0 aliphatic heterocycles. The quantitative estimate of drug-likeness (QED) is 0.764. The zero-order valence-electron chi connectivity index (χ0n) is 9.54. The maximum atomic E-state index is 9.93. The van der Waals surface area contributed by atoms with E-state index in [0.717, 1.165) is 6.42 Å². The molecule has 1 heteroatoms. The van der Waals surface area contributed by atoms with Crippen molar-refractivity contribution >= 4 is 0 Å². The van der Waals surface area contributed by atoms with Gasteiger partial charge in [-0.15, -0.1) is 0 Å². The van der Waals surface area contributed by atoms with Gasteiger partial charge in [-0.3, -0.25) is 0 Å². The lowest BCUT2D eigenvalue weighted by molar-refractivity contribution is 0.0636. The summed E-state index contributed by atoms with van der Waals surface area (Å²) in [5.74, 6) is 0. The predicted molar refractivity (Wildman–Crippen MR) is 60.3 cm³/mol. The third-order valence-corrected chi connectivity index (χ3v) is 2.51. The lowest BCUT2D eigenvalue weighted by Gasteiger charge is -2.25. The van der Waals surface area contributed by atoms with Gasteiger partial charge in [0.15, 0.2) is 0 Å². The van der Waals surface area contributed by atoms with Crippen molar-refractivity contribution in [3.05, 3.63) is 35.4 Å². The van der Waals surface area contributed by atoms with Gasteiger partial charge in [0.05, 0.1) is 6.10 Å². The zero-order chi connectivity index (χ0) is 10.8. The minimum absolute atomic E-state index is 0.0380. The Balaban J connectivity index is 2.70. The number of aliphatic hydroxyl groups excluding tert-OH is 1. The third-order valence-electron chi connectivity index (χ3n) is 2.51. The fraction of sp³-hybridized carbons (Fsp3) is 0.538. The van der Waals surface area contributed by atoms with Gasteiger partial charge >= 0.3 is 0 Å². The lowest BCUT2D eigenvalue weighted by atomic mass is 9.85. The number of benzene rings is 1. The fourth-order valence-electron chi connectivity index (χ4n) is 1.37. The smallest absolute Gasteiger partial charge is 0.0628 e. The molecule has 0 amide bonds. The Hall–Kier alpha value is -0.820. The van der Waals surface area contributed by atoms with Crippen molar-refractivity contribution in [3.8, 4) is 0 Å². The molecular weight excluding hydrogens is 172 g/mol. The fourth-order valence-corrected chi connectivity index (χ4v) is 1.37. The normalized spacial score (nSPS) is 14.1. The standard InChI is InChI=1S/C13H20O/c1-10-6-5-7-11(8-10)9-12(14)13(2,3)4/h5-8,12,14H,9H2,1-4H3. The van der Waals surface area contributed by atoms with Crippen LogP contribution in [0.25, 0.3) is 0 Å². The highest BCUT2D eigenvalue weighted by Gasteiger charge is 2.21. The summed E-state index contributed by atoms with van der Waals surface area (Å²) in [5, 5.41) is 9.93. The number of rotatable bonds is 2. The van der Waals surface area contributed by atoms with Crippen LogP contribution in [0.1, 0.15) is 31.9 Å². The SMILES string of the molecule is Cc1cccc(CC(O)C(C)(C)C)c1. The van der Waals surface area contributed by atoms with Gasteiger partial charge in [0.2, 0.25) is 0 Å². The molecule has 1 unspecified atom stereocenters. The number of hydrogen-bond donors (Lipinski definition) is 1. The Morgan fingerprint density at radius 1 is 1.29 bits per heavy atom. The predicted octanol–water partition coefficient (Wildman–Crippen LogP) is 2.94. The summed E-state index contributed by atoms with van der Waals surface area (Å²) in [6.07, 6.45) is 0.467. The number of aryl methyl sites for hydroxylation is 1. The first-order valence-electron chi connectivity index (χ1n) is 5.13. The van der Waals surface area contributed by atoms with Crippen LogP contribution in [-0.4, -0.2) is 11.2 Å². The summed E-state index contributed by atoms with van der Waals surface area (Å²) in [6.45, 7) is 8.27. The highest BCUT2D eigenvalue weighted by molar-refractivity contribution is 5.22. The summed E-state index contributed by atoms with van der Waals surface area (Å²) in [5.41, 5.74) is 2.43. The van der Waals surface area contributed by atoms with E-state index in [2.05, 4.69) is 45.9 Å². The van der Waals surface area contributed by atoms with Crippen LogP contribution >= 0.6 is 0 Å². The van der Waals surface area contributed by atoms with Crippen molar-refractivity contribution in [2.45, 2.75) is 40.2 Å². The van der Waals surface area contributed by atoms with Gasteiger partial charge in [0, 0.05) is 0 Å². The lowest BCUT2D eigenvalue weighted by Crippen LogP contribution is -2.28. The van der Waals surface area contributed by atoms with E-state index < -0.39 is 0 Å². The van der Waals surface area contributed by atoms with Gasteiger partial charge in [-0.2, -0.15) is 0 Å². The molecule has 0 spiro atoms. The molecule has 0 radical (unpaired) electrons. The molecule has 1 aromatic carbocycles. The van der Waals surface area contributed by atoms with Crippen molar-refractivity contribution < 1.29 is 5.11 Å². The topological polar surface area (TPSA) is 20.2 Å². The molecule has 1 aromatic rings. The molecule has 1 nitrogen and oxygen atoms in total. The van der Waals surface area contributed by atoms with Crippen molar-refractivity contribution in [1.82, 2.24) is 0 Å². The van der Waals surface area contributed by atoms with E-state index in [1.165, 1.54) is 11.1 Å². The molecule has 0 aliphatic carbocycles. The molecule has 0 aliphatic rings. The van der Waals surface area contributed by atoms with Crippen molar-refractivity contribution in [2.24, 2.45) is 5.41 Å². The average molecular weight is 192 g/mol. The summed E-state index contributed by atoms with van der Waals surface area (Å²) < 4.78 is 0. The molecule has 0 heterocycles. The van der Waals surface area contributed by atoms with Gasteiger partial charge < -0.3 is 5.11 Å². The second kappa shape index (κ2) is 4.14. The van der Waals surface area contributed by atoms with Crippen LogP contribution in [0.15, 0.2) is 24.3 Å². The molecule has 0 saturated heterocycles. The first kappa shape index (κ1) is 11.3. The molecule has 0 fully saturated rings. The minimum atomic E-state index is -0.274. The van der Waals surface area contributed by atoms with Crippen LogP contribution in [0.4, 0.5) is 0 Å². The largest absolute Gasteiger partial charge is 0.392 e. The van der Waals surface area contributed by atoms with Crippen molar-refractivity contribution in [2.75, 3.05) is 0 Å². The van der Waals surface area contributed by atoms with E-state index in [0.29, 0.717) is 0 Å². The molecule has 1 atom stereocenters. The first-order chi connectivity index (χ1) is 6.39. The van der Waals surface area contributed by atoms with E-state index in [-0.39, 0.29) is 11.5 Å². The van der Waals surface area contributed by atoms with E-state index in [4.69, 9.17) is 0 Å². The van der Waals surface area contributed by atoms with Crippen molar-refractivity contribution in [1.29, 1.82) is 0 Å². The highest BCUT2D eigenvalue weighted by Crippen LogP contribution is 2.22. The average Bonchev–Trinajstić information content (AvgIpc) is 2.02. The van der Waals surface area contributed by atoms with E-state index in [1.54, 1.807) is 0 Å². The van der Waals surface area contributed by atoms with E-state index in [1.807, 2.05) is 6.07 Å². The first-order valence-corrected chi connectivity index (χ1v) is 5.13. The summed E-state index contributed by atoms with van der Waals surface area (Å²) in [6, 6.07) is 8.32. The van der Waals surface area contributed by atoms with Crippen LogP contribution in [0, 0.1) is 12.3 Å². The second-order valence-electron chi connectivity index (χ2n) is 5.08. The maximum absolute atomic E-state index is 9.93. The Morgan fingerprint density at radius 3 is 2.43 bits per heavy atom. The summed E-state index contributed by atoms with van der Waals surface area (Å²) in [4.78, 5) is 0. The molecular formula is C13H20O. The van der Waals surface area contributed by atoms with Crippen molar-refractivity contribution in [3.63, 3.8) is 0 Å². The minimum Gasteiger partial charge on any atom is -0.392 e. The third kappa shape index (κ3) is 3.15. The molecule has 1 N–H and O–H groups in total. The number of aliphatic hydroxyl groups is 1. The Labute approximate surface area is 86.8 Å². The van der Waals surface area contributed by atoms with Crippen LogP contribution in [0.5, 0.6) is 0 Å². The van der Waals surface area contributed by atoms with Gasteiger partial charge in [-0.1, -0.05) is 50.6 Å². The molecule has 0 bridgehead atoms. The Morgan fingerprint density at radius 2 is 1.93 bits per heavy atom. The Bertz CT molecular complexity index is 296. The van der Waals surface area contributed by atoms with Crippen LogP contribution in [-0.2, 0) is 6.42 Å². The summed E-state index contributed by atoms with van der Waals surface area (Å²) >= 11 is 0. The van der Waals surface area contributed by atoms with Gasteiger partial charge in [0.1, 0.15) is 0 Å². The van der Waals surface area contributed by atoms with Crippen LogP contribution in [0.2, 0.25) is 0 Å². The van der Waals surface area contributed by atoms with E-state index in [9.17, 15) is 5.11 Å². The van der Waals surface area contributed by atoms with Crippen LogP contribution < -0.4 is 0 Å². The molecule has 0 aromatic heterocycles. The van der Waals surface area contributed by atoms with E-state index >= 15 is 0 Å². The monoisotopic (exact) mass is 192 g/mol. The maximum Gasteiger partial charge on any atom is 0.0628 e. The highest BCUT2D eigenvalue weighted by atomic mass is 16.3. The second-order valence-corrected chi connectivity index (χ2v) is 5.08. The van der Waals surface area contributed by atoms with Crippen LogP contribution in [0.3, 0.4) is 0 Å². The molecule has 1 rings (SSSR count). The molecule has 14 heavy (non-hydrogen) atoms. The number of hydrogen-bond acceptors (Lipinski definition) is 1. The van der Waals surface area contributed by atoms with Gasteiger partial charge in [-0.25, -0.2) is 0 Å². The summed E-state index contributed by atoms with van der Waals surface area (Å²) in [7, 11) is 0. The molecule has 78 valence electrons. The Kier molecular flexibility index (Phi) is 3.33. The van der Waals surface area contributed by atoms with Gasteiger partial charge in [-0.05, 0) is 24.3 Å². The molecule has 0 saturated carbocycles.